The molecule has 2 aromatic rings. The summed E-state index contributed by atoms with van der Waals surface area (Å²) in [6.45, 7) is -1.02. The Hall–Kier alpha value is -1.35. The number of hydrazine groups is 2. The van der Waals surface area contributed by atoms with Crippen molar-refractivity contribution in [1.82, 2.24) is 10.6 Å². The zero-order valence-corrected chi connectivity index (χ0v) is 14.9. The Morgan fingerprint density at radius 2 is 1.96 bits per heavy atom. The third kappa shape index (κ3) is 2.62. The normalized spacial score (nSPS) is 32.2. The van der Waals surface area contributed by atoms with Crippen LogP contribution >= 0.6 is 11.3 Å². The highest BCUT2D eigenvalue weighted by Gasteiger charge is 2.60. The van der Waals surface area contributed by atoms with Gasteiger partial charge in [-0.1, -0.05) is 23.8 Å². The Balaban J connectivity index is 1.54. The van der Waals surface area contributed by atoms with Crippen LogP contribution in [-0.4, -0.2) is 23.5 Å². The number of alkyl halides is 3. The van der Waals surface area contributed by atoms with Crippen LogP contribution in [0.4, 0.5) is 18.2 Å². The molecule has 3 saturated carbocycles. The molecule has 3 aliphatic carbocycles. The SMILES string of the molecule is FC(F)(F)CN1N(c2cc3ccccc3s2)NOC12CC1CCC2CC1. The number of hydrogen-bond acceptors (Lipinski definition) is 5. The molecule has 2 heterocycles. The first-order valence-corrected chi connectivity index (χ1v) is 9.83. The lowest BCUT2D eigenvalue weighted by molar-refractivity contribution is -0.229. The molecule has 1 aliphatic heterocycles. The van der Waals surface area contributed by atoms with Crippen molar-refractivity contribution in [2.24, 2.45) is 11.8 Å². The van der Waals surface area contributed by atoms with E-state index in [9.17, 15) is 13.2 Å². The Bertz CT molecular complexity index is 784. The molecule has 4 nitrogen and oxygen atoms in total. The molecule has 1 saturated heterocycles. The molecule has 26 heavy (non-hydrogen) atoms. The van der Waals surface area contributed by atoms with E-state index >= 15 is 0 Å². The molecule has 1 aromatic carbocycles. The average Bonchev–Trinajstić information content (AvgIpc) is 3.17. The summed E-state index contributed by atoms with van der Waals surface area (Å²) in [5.74, 6) is 0.571. The van der Waals surface area contributed by atoms with Crippen molar-refractivity contribution in [1.29, 1.82) is 0 Å². The summed E-state index contributed by atoms with van der Waals surface area (Å²) in [6, 6.07) is 9.73. The average molecular weight is 383 g/mol. The predicted molar refractivity (Wildman–Crippen MR) is 94.1 cm³/mol. The number of halogens is 3. The van der Waals surface area contributed by atoms with Crippen LogP contribution in [0, 0.1) is 11.8 Å². The van der Waals surface area contributed by atoms with E-state index in [1.807, 2.05) is 30.3 Å². The highest BCUT2D eigenvalue weighted by atomic mass is 32.1. The van der Waals surface area contributed by atoms with E-state index in [2.05, 4.69) is 5.59 Å². The first-order valence-electron chi connectivity index (χ1n) is 9.01. The highest BCUT2D eigenvalue weighted by Crippen LogP contribution is 2.53. The molecular formula is C18H20F3N3OS. The van der Waals surface area contributed by atoms with Gasteiger partial charge in [0, 0.05) is 10.6 Å². The second-order valence-corrected chi connectivity index (χ2v) is 8.63. The van der Waals surface area contributed by atoms with Crippen molar-refractivity contribution in [3.8, 4) is 0 Å². The lowest BCUT2D eigenvalue weighted by Gasteiger charge is -2.51. The summed E-state index contributed by atoms with van der Waals surface area (Å²) in [5, 5.41) is 4.62. The largest absolute Gasteiger partial charge is 0.403 e. The standard InChI is InChI=1S/C18H20F3N3OS/c19-18(20,21)11-23-17(10-12-5-7-14(17)8-6-12)25-22-24(23)16-9-13-3-1-2-4-15(13)26-16/h1-4,9,12,14,22H,5-8,10-11H2. The Morgan fingerprint density at radius 3 is 2.62 bits per heavy atom. The van der Waals surface area contributed by atoms with Gasteiger partial charge < -0.3 is 0 Å². The van der Waals surface area contributed by atoms with Crippen LogP contribution in [0.3, 0.4) is 0 Å². The summed E-state index contributed by atoms with van der Waals surface area (Å²) in [6.07, 6.45) is 0.412. The molecule has 140 valence electrons. The van der Waals surface area contributed by atoms with Crippen LogP contribution in [0.5, 0.6) is 0 Å². The van der Waals surface area contributed by atoms with Gasteiger partial charge in [0.05, 0.1) is 0 Å². The second-order valence-electron chi connectivity index (χ2n) is 7.57. The number of nitrogens with zero attached hydrogens (tertiary/aromatic N) is 2. The Morgan fingerprint density at radius 1 is 1.19 bits per heavy atom. The number of thiophene rings is 1. The van der Waals surface area contributed by atoms with E-state index in [1.54, 1.807) is 0 Å². The Labute approximate surface area is 153 Å². The maximum atomic E-state index is 13.4. The number of fused-ring (bicyclic) bond motifs is 3. The van der Waals surface area contributed by atoms with E-state index in [0.717, 1.165) is 35.8 Å². The van der Waals surface area contributed by atoms with Crippen molar-refractivity contribution in [3.05, 3.63) is 30.3 Å². The zero-order valence-electron chi connectivity index (χ0n) is 14.1. The summed E-state index contributed by atoms with van der Waals surface area (Å²) in [7, 11) is 0. The minimum absolute atomic E-state index is 0.127. The van der Waals surface area contributed by atoms with E-state index in [1.165, 1.54) is 21.5 Å². The van der Waals surface area contributed by atoms with E-state index in [-0.39, 0.29) is 5.92 Å². The molecule has 4 aliphatic rings. The number of benzene rings is 1. The molecule has 6 rings (SSSR count). The van der Waals surface area contributed by atoms with Crippen LogP contribution in [0.25, 0.3) is 10.1 Å². The predicted octanol–water partition coefficient (Wildman–Crippen LogP) is 4.84. The lowest BCUT2D eigenvalue weighted by Crippen LogP contribution is -2.61. The smallest absolute Gasteiger partial charge is 0.256 e. The van der Waals surface area contributed by atoms with Crippen molar-refractivity contribution in [2.45, 2.75) is 44.0 Å². The summed E-state index contributed by atoms with van der Waals surface area (Å²) >= 11 is 1.47. The van der Waals surface area contributed by atoms with Gasteiger partial charge in [0.1, 0.15) is 11.5 Å². The third-order valence-electron chi connectivity index (χ3n) is 6.00. The van der Waals surface area contributed by atoms with Gasteiger partial charge in [-0.25, -0.2) is 5.12 Å². The first-order chi connectivity index (χ1) is 12.4. The second kappa shape index (κ2) is 5.82. The minimum Gasteiger partial charge on any atom is -0.256 e. The van der Waals surface area contributed by atoms with Gasteiger partial charge in [-0.05, 0) is 55.5 Å². The molecule has 0 radical (unpaired) electrons. The fourth-order valence-electron chi connectivity index (χ4n) is 4.84. The molecule has 1 N–H and O–H groups in total. The quantitative estimate of drug-likeness (QED) is 0.803. The van der Waals surface area contributed by atoms with Crippen molar-refractivity contribution >= 4 is 26.4 Å². The van der Waals surface area contributed by atoms with Crippen molar-refractivity contribution in [2.75, 3.05) is 11.7 Å². The first kappa shape index (κ1) is 16.8. The molecule has 2 bridgehead atoms. The van der Waals surface area contributed by atoms with Gasteiger partial charge >= 0.3 is 6.18 Å². The summed E-state index contributed by atoms with van der Waals surface area (Å²) in [5.41, 5.74) is 1.93. The minimum atomic E-state index is -4.30. The maximum Gasteiger partial charge on any atom is 0.403 e. The summed E-state index contributed by atoms with van der Waals surface area (Å²) in [4.78, 5) is 5.95. The van der Waals surface area contributed by atoms with E-state index in [4.69, 9.17) is 4.84 Å². The highest BCUT2D eigenvalue weighted by molar-refractivity contribution is 7.22. The number of hydrogen-bond donors (Lipinski definition) is 1. The van der Waals surface area contributed by atoms with Crippen LogP contribution in [0.15, 0.2) is 30.3 Å². The fourth-order valence-corrected chi connectivity index (χ4v) is 5.87. The molecule has 0 amide bonds. The molecule has 1 unspecified atom stereocenters. The topological polar surface area (TPSA) is 27.7 Å². The number of anilines is 1. The van der Waals surface area contributed by atoms with Gasteiger partial charge in [-0.15, -0.1) is 11.3 Å². The molecule has 4 fully saturated rings. The fraction of sp³-hybridized carbons (Fsp3) is 0.556. The molecular weight excluding hydrogens is 363 g/mol. The monoisotopic (exact) mass is 383 g/mol. The zero-order chi connectivity index (χ0) is 17.9. The third-order valence-corrected chi connectivity index (χ3v) is 7.09. The van der Waals surface area contributed by atoms with Crippen LogP contribution < -0.4 is 10.7 Å². The van der Waals surface area contributed by atoms with Crippen LogP contribution in [-0.2, 0) is 4.84 Å². The maximum absolute atomic E-state index is 13.4. The Kier molecular flexibility index (Phi) is 3.76. The number of nitrogens with one attached hydrogen (secondary N) is 1. The summed E-state index contributed by atoms with van der Waals surface area (Å²) < 4.78 is 41.3. The molecule has 1 spiro atoms. The molecule has 1 atom stereocenters. The van der Waals surface area contributed by atoms with Gasteiger partial charge in [-0.3, -0.25) is 4.84 Å². The van der Waals surface area contributed by atoms with Gasteiger partial charge in [0.15, 0.2) is 5.72 Å². The number of rotatable bonds is 2. The van der Waals surface area contributed by atoms with Gasteiger partial charge in [0.2, 0.25) is 0 Å². The van der Waals surface area contributed by atoms with Gasteiger partial charge in [0.25, 0.3) is 0 Å². The molecule has 8 heteroatoms. The van der Waals surface area contributed by atoms with Crippen LogP contribution in [0.1, 0.15) is 32.1 Å². The van der Waals surface area contributed by atoms with Crippen LogP contribution in [0.2, 0.25) is 0 Å². The molecule has 1 aromatic heterocycles. The van der Waals surface area contributed by atoms with E-state index < -0.39 is 18.4 Å². The van der Waals surface area contributed by atoms with Gasteiger partial charge in [-0.2, -0.15) is 18.2 Å². The lowest BCUT2D eigenvalue weighted by atomic mass is 9.65. The van der Waals surface area contributed by atoms with Crippen molar-refractivity contribution < 1.29 is 18.0 Å². The van der Waals surface area contributed by atoms with E-state index in [0.29, 0.717) is 17.3 Å². The van der Waals surface area contributed by atoms with Crippen molar-refractivity contribution in [3.63, 3.8) is 0 Å².